The molecule has 1 fully saturated rings. The Morgan fingerprint density at radius 2 is 1.84 bits per heavy atom. The van der Waals surface area contributed by atoms with Crippen LogP contribution >= 0.6 is 0 Å². The van der Waals surface area contributed by atoms with Crippen molar-refractivity contribution in [1.29, 1.82) is 0 Å². The summed E-state index contributed by atoms with van der Waals surface area (Å²) in [6, 6.07) is 1.28. The van der Waals surface area contributed by atoms with Gasteiger partial charge in [0.2, 0.25) is 0 Å². The summed E-state index contributed by atoms with van der Waals surface area (Å²) >= 11 is 0. The molecule has 0 amide bonds. The lowest BCUT2D eigenvalue weighted by Gasteiger charge is -2.40. The van der Waals surface area contributed by atoms with E-state index in [9.17, 15) is 5.11 Å². The number of likely N-dealkylation sites (N-methyl/N-ethyl adjacent to an activating group) is 1. The summed E-state index contributed by atoms with van der Waals surface area (Å²) in [5.74, 6) is 0.706. The van der Waals surface area contributed by atoms with Gasteiger partial charge in [-0.25, -0.2) is 0 Å². The number of nitrogens with one attached hydrogen (secondary N) is 1. The van der Waals surface area contributed by atoms with Crippen molar-refractivity contribution in [3.63, 3.8) is 0 Å². The molecule has 3 nitrogen and oxygen atoms in total. The van der Waals surface area contributed by atoms with Crippen molar-refractivity contribution < 1.29 is 5.11 Å². The number of nitrogens with zero attached hydrogens (tertiary/aromatic N) is 1. The Balaban J connectivity index is 2.67. The molecule has 0 bridgehead atoms. The van der Waals surface area contributed by atoms with Gasteiger partial charge in [0, 0.05) is 24.2 Å². The molecule has 3 heteroatoms. The third-order valence-corrected chi connectivity index (χ3v) is 4.63. The van der Waals surface area contributed by atoms with E-state index < -0.39 is 0 Å². The molecule has 0 aliphatic heterocycles. The Bertz CT molecular complexity index is 245. The fourth-order valence-corrected chi connectivity index (χ4v) is 3.36. The highest BCUT2D eigenvalue weighted by atomic mass is 16.3. The minimum atomic E-state index is -0.159. The molecule has 0 saturated heterocycles. The largest absolute Gasteiger partial charge is 0.394 e. The van der Waals surface area contributed by atoms with Gasteiger partial charge < -0.3 is 10.4 Å². The molecule has 1 aliphatic rings. The molecular weight excluding hydrogens is 236 g/mol. The van der Waals surface area contributed by atoms with Crippen LogP contribution in [-0.2, 0) is 0 Å². The standard InChI is InChI=1S/C16H34N2O/c1-13(2)11-18(15-8-6-7-9-15)14(3)10-16(4,12-19)17-5/h13-15,17,19H,6-12H2,1-5H3. The van der Waals surface area contributed by atoms with Crippen LogP contribution in [0.4, 0.5) is 0 Å². The van der Waals surface area contributed by atoms with Crippen LogP contribution in [0.2, 0.25) is 0 Å². The van der Waals surface area contributed by atoms with Crippen molar-refractivity contribution in [3.05, 3.63) is 0 Å². The Hall–Kier alpha value is -0.120. The molecular formula is C16H34N2O. The van der Waals surface area contributed by atoms with Gasteiger partial charge in [-0.1, -0.05) is 26.7 Å². The molecule has 0 aromatic carbocycles. The molecule has 114 valence electrons. The molecule has 0 aromatic heterocycles. The monoisotopic (exact) mass is 270 g/mol. The Morgan fingerprint density at radius 1 is 1.26 bits per heavy atom. The zero-order valence-corrected chi connectivity index (χ0v) is 13.6. The van der Waals surface area contributed by atoms with E-state index in [1.54, 1.807) is 0 Å². The van der Waals surface area contributed by atoms with Crippen LogP contribution in [0.25, 0.3) is 0 Å². The highest BCUT2D eigenvalue weighted by molar-refractivity contribution is 4.89. The Morgan fingerprint density at radius 3 is 2.26 bits per heavy atom. The molecule has 0 heterocycles. The van der Waals surface area contributed by atoms with Crippen LogP contribution in [0.1, 0.15) is 59.8 Å². The second-order valence-electron chi connectivity index (χ2n) is 7.05. The third kappa shape index (κ3) is 5.05. The molecule has 0 spiro atoms. The minimum absolute atomic E-state index is 0.159. The van der Waals surface area contributed by atoms with E-state index in [-0.39, 0.29) is 12.1 Å². The first-order valence-corrected chi connectivity index (χ1v) is 7.97. The summed E-state index contributed by atoms with van der Waals surface area (Å²) in [5.41, 5.74) is -0.159. The van der Waals surface area contributed by atoms with Gasteiger partial charge in [0.1, 0.15) is 0 Å². The molecule has 1 rings (SSSR count). The maximum atomic E-state index is 9.58. The van der Waals surface area contributed by atoms with Crippen molar-refractivity contribution in [2.24, 2.45) is 5.92 Å². The van der Waals surface area contributed by atoms with Crippen LogP contribution in [0, 0.1) is 5.92 Å². The van der Waals surface area contributed by atoms with E-state index in [1.807, 2.05) is 7.05 Å². The summed E-state index contributed by atoms with van der Waals surface area (Å²) in [6.07, 6.45) is 6.48. The molecule has 1 aliphatic carbocycles. The SMILES string of the molecule is CNC(C)(CO)CC(C)N(CC(C)C)C1CCCC1. The zero-order chi connectivity index (χ0) is 14.5. The average molecular weight is 270 g/mol. The van der Waals surface area contributed by atoms with Crippen molar-refractivity contribution in [3.8, 4) is 0 Å². The summed E-state index contributed by atoms with van der Waals surface area (Å²) in [4.78, 5) is 2.70. The van der Waals surface area contributed by atoms with Gasteiger partial charge in [0.25, 0.3) is 0 Å². The predicted molar refractivity (Wildman–Crippen MR) is 82.4 cm³/mol. The van der Waals surface area contributed by atoms with E-state index in [1.165, 1.54) is 32.2 Å². The first-order valence-electron chi connectivity index (χ1n) is 7.97. The minimum Gasteiger partial charge on any atom is -0.394 e. The number of rotatable bonds is 8. The van der Waals surface area contributed by atoms with Gasteiger partial charge in [-0.05, 0) is 46.1 Å². The number of hydrogen-bond donors (Lipinski definition) is 2. The lowest BCUT2D eigenvalue weighted by Crippen LogP contribution is -2.51. The average Bonchev–Trinajstić information content (AvgIpc) is 2.89. The predicted octanol–water partition coefficient (Wildman–Crippen LogP) is 2.64. The van der Waals surface area contributed by atoms with E-state index in [0.717, 1.165) is 12.5 Å². The van der Waals surface area contributed by atoms with E-state index in [4.69, 9.17) is 0 Å². The van der Waals surface area contributed by atoms with Gasteiger partial charge in [-0.15, -0.1) is 0 Å². The lowest BCUT2D eigenvalue weighted by atomic mass is 9.92. The van der Waals surface area contributed by atoms with E-state index >= 15 is 0 Å². The fraction of sp³-hybridized carbons (Fsp3) is 1.00. The highest BCUT2D eigenvalue weighted by Gasteiger charge is 2.31. The summed E-state index contributed by atoms with van der Waals surface area (Å²) in [6.45, 7) is 10.4. The normalized spacial score (nSPS) is 22.1. The fourth-order valence-electron chi connectivity index (χ4n) is 3.36. The van der Waals surface area contributed by atoms with Crippen molar-refractivity contribution in [2.45, 2.75) is 77.4 Å². The van der Waals surface area contributed by atoms with Gasteiger partial charge in [-0.3, -0.25) is 4.90 Å². The summed E-state index contributed by atoms with van der Waals surface area (Å²) < 4.78 is 0. The van der Waals surface area contributed by atoms with Crippen LogP contribution in [0.15, 0.2) is 0 Å². The molecule has 2 atom stereocenters. The van der Waals surface area contributed by atoms with Crippen LogP contribution < -0.4 is 5.32 Å². The van der Waals surface area contributed by atoms with E-state index in [0.29, 0.717) is 12.0 Å². The summed E-state index contributed by atoms with van der Waals surface area (Å²) in [7, 11) is 1.95. The quantitative estimate of drug-likeness (QED) is 0.712. The number of hydrogen-bond acceptors (Lipinski definition) is 3. The van der Waals surface area contributed by atoms with Crippen LogP contribution in [0.3, 0.4) is 0 Å². The summed E-state index contributed by atoms with van der Waals surface area (Å²) in [5, 5.41) is 12.9. The zero-order valence-electron chi connectivity index (χ0n) is 13.6. The molecule has 2 unspecified atom stereocenters. The molecule has 2 N–H and O–H groups in total. The highest BCUT2D eigenvalue weighted by Crippen LogP contribution is 2.28. The van der Waals surface area contributed by atoms with Gasteiger partial charge in [0.05, 0.1) is 6.61 Å². The lowest BCUT2D eigenvalue weighted by molar-refractivity contribution is 0.0821. The second kappa shape index (κ2) is 7.61. The second-order valence-corrected chi connectivity index (χ2v) is 7.05. The van der Waals surface area contributed by atoms with Crippen molar-refractivity contribution in [2.75, 3.05) is 20.2 Å². The third-order valence-electron chi connectivity index (χ3n) is 4.63. The first-order chi connectivity index (χ1) is 8.91. The molecule has 0 radical (unpaired) electrons. The number of aliphatic hydroxyl groups excluding tert-OH is 1. The van der Waals surface area contributed by atoms with Gasteiger partial charge >= 0.3 is 0 Å². The van der Waals surface area contributed by atoms with Crippen LogP contribution in [-0.4, -0.2) is 47.8 Å². The van der Waals surface area contributed by atoms with Crippen molar-refractivity contribution in [1.82, 2.24) is 10.2 Å². The van der Waals surface area contributed by atoms with Gasteiger partial charge in [0.15, 0.2) is 0 Å². The first kappa shape index (κ1) is 16.9. The Labute approximate surface area is 119 Å². The smallest absolute Gasteiger partial charge is 0.0611 e. The van der Waals surface area contributed by atoms with E-state index in [2.05, 4.69) is 37.9 Å². The topological polar surface area (TPSA) is 35.5 Å². The maximum absolute atomic E-state index is 9.58. The Kier molecular flexibility index (Phi) is 6.78. The maximum Gasteiger partial charge on any atom is 0.0611 e. The molecule has 19 heavy (non-hydrogen) atoms. The number of aliphatic hydroxyl groups is 1. The van der Waals surface area contributed by atoms with Crippen molar-refractivity contribution >= 4 is 0 Å². The molecule has 0 aromatic rings. The molecule has 1 saturated carbocycles. The van der Waals surface area contributed by atoms with Crippen LogP contribution in [0.5, 0.6) is 0 Å². The van der Waals surface area contributed by atoms with Gasteiger partial charge in [-0.2, -0.15) is 0 Å².